The van der Waals surface area contributed by atoms with E-state index in [0.29, 0.717) is 5.92 Å². The molecule has 0 radical (unpaired) electrons. The van der Waals surface area contributed by atoms with Gasteiger partial charge in [-0.2, -0.15) is 0 Å². The molecule has 96 valence electrons. The highest BCUT2D eigenvalue weighted by Gasteiger charge is 2.37. The van der Waals surface area contributed by atoms with Gasteiger partial charge in [-0.1, -0.05) is 24.9 Å². The second-order valence-electron chi connectivity index (χ2n) is 4.24. The summed E-state index contributed by atoms with van der Waals surface area (Å²) in [7, 11) is 0. The van der Waals surface area contributed by atoms with Gasteiger partial charge in [0.2, 0.25) is 5.15 Å². The summed E-state index contributed by atoms with van der Waals surface area (Å²) >= 11 is 5.64. The second-order valence-corrected chi connectivity index (χ2v) is 4.60. The Labute approximate surface area is 109 Å². The van der Waals surface area contributed by atoms with E-state index >= 15 is 0 Å². The molecular weight excluding hydrogens is 258 g/mol. The lowest BCUT2D eigenvalue weighted by atomic mass is 10.2. The number of carbonyl (C=O) groups excluding carboxylic acids is 1. The third-order valence-corrected chi connectivity index (χ3v) is 3.35. The van der Waals surface area contributed by atoms with Crippen molar-refractivity contribution in [2.75, 3.05) is 0 Å². The Morgan fingerprint density at radius 1 is 1.72 bits per heavy atom. The van der Waals surface area contributed by atoms with Gasteiger partial charge in [0.15, 0.2) is 0 Å². The summed E-state index contributed by atoms with van der Waals surface area (Å²) in [5.41, 5.74) is -0.480. The van der Waals surface area contributed by atoms with Crippen molar-refractivity contribution >= 4 is 23.2 Å². The number of rotatable bonds is 4. The van der Waals surface area contributed by atoms with Crippen LogP contribution in [-0.2, 0) is 0 Å². The zero-order valence-corrected chi connectivity index (χ0v) is 10.5. The fraction of sp³-hybridized carbons (Fsp3) is 0.455. The van der Waals surface area contributed by atoms with Gasteiger partial charge in [0.05, 0.1) is 4.92 Å². The first kappa shape index (κ1) is 12.8. The van der Waals surface area contributed by atoms with Crippen molar-refractivity contribution in [2.45, 2.75) is 25.8 Å². The summed E-state index contributed by atoms with van der Waals surface area (Å²) in [4.78, 5) is 25.7. The number of aromatic nitrogens is 1. The molecule has 1 fully saturated rings. The highest BCUT2D eigenvalue weighted by atomic mass is 35.5. The van der Waals surface area contributed by atoms with Crippen molar-refractivity contribution in [1.82, 2.24) is 10.3 Å². The Balaban J connectivity index is 2.20. The molecule has 1 aromatic heterocycles. The molecule has 1 amide bonds. The SMILES string of the molecule is CCC1CC1NC(=O)c1ccnc(Cl)c1[N+](=O)[O-]. The van der Waals surface area contributed by atoms with Gasteiger partial charge >= 0.3 is 5.69 Å². The molecule has 1 N–H and O–H groups in total. The molecule has 1 aromatic rings. The summed E-state index contributed by atoms with van der Waals surface area (Å²) < 4.78 is 0. The van der Waals surface area contributed by atoms with Crippen LogP contribution in [0.15, 0.2) is 12.3 Å². The van der Waals surface area contributed by atoms with Crippen LogP contribution >= 0.6 is 11.6 Å². The Morgan fingerprint density at radius 2 is 2.44 bits per heavy atom. The summed E-state index contributed by atoms with van der Waals surface area (Å²) in [6.07, 6.45) is 3.20. The van der Waals surface area contributed by atoms with Gasteiger partial charge in [0, 0.05) is 12.2 Å². The number of hydrogen-bond donors (Lipinski definition) is 1. The second kappa shape index (κ2) is 4.89. The van der Waals surface area contributed by atoms with Crippen LogP contribution in [-0.4, -0.2) is 21.9 Å². The van der Waals surface area contributed by atoms with E-state index in [2.05, 4.69) is 10.3 Å². The predicted octanol–water partition coefficient (Wildman–Crippen LogP) is 2.17. The fourth-order valence-corrected chi connectivity index (χ4v) is 2.13. The van der Waals surface area contributed by atoms with Gasteiger partial charge in [-0.05, 0) is 18.4 Å². The lowest BCUT2D eigenvalue weighted by Gasteiger charge is -2.05. The van der Waals surface area contributed by atoms with E-state index in [1.807, 2.05) is 6.92 Å². The highest BCUT2D eigenvalue weighted by molar-refractivity contribution is 6.32. The van der Waals surface area contributed by atoms with Crippen LogP contribution in [0.4, 0.5) is 5.69 Å². The summed E-state index contributed by atoms with van der Waals surface area (Å²) in [5, 5.41) is 13.4. The maximum absolute atomic E-state index is 11.9. The first-order chi connectivity index (χ1) is 8.54. The van der Waals surface area contributed by atoms with Crippen LogP contribution in [0.5, 0.6) is 0 Å². The first-order valence-corrected chi connectivity index (χ1v) is 6.02. The number of pyridine rings is 1. The van der Waals surface area contributed by atoms with E-state index in [1.54, 1.807) is 0 Å². The number of carbonyl (C=O) groups is 1. The van der Waals surface area contributed by atoms with Crippen LogP contribution in [0.1, 0.15) is 30.1 Å². The van der Waals surface area contributed by atoms with Gasteiger partial charge in [0.25, 0.3) is 5.91 Å². The van der Waals surface area contributed by atoms with Gasteiger partial charge < -0.3 is 5.32 Å². The van der Waals surface area contributed by atoms with Crippen LogP contribution in [0.25, 0.3) is 0 Å². The van der Waals surface area contributed by atoms with Crippen molar-refractivity contribution in [2.24, 2.45) is 5.92 Å². The third kappa shape index (κ3) is 2.43. The average molecular weight is 270 g/mol. The molecule has 1 aliphatic carbocycles. The minimum Gasteiger partial charge on any atom is -0.349 e. The van der Waals surface area contributed by atoms with Crippen molar-refractivity contribution in [3.63, 3.8) is 0 Å². The Hall–Kier alpha value is -1.69. The highest BCUT2D eigenvalue weighted by Crippen LogP contribution is 2.34. The van der Waals surface area contributed by atoms with Crippen LogP contribution in [0.2, 0.25) is 5.15 Å². The minimum atomic E-state index is -0.686. The van der Waals surface area contributed by atoms with Gasteiger partial charge in [0.1, 0.15) is 5.56 Å². The molecular formula is C11H12ClN3O3. The molecule has 0 bridgehead atoms. The molecule has 18 heavy (non-hydrogen) atoms. The maximum Gasteiger partial charge on any atom is 0.319 e. The zero-order valence-electron chi connectivity index (χ0n) is 9.72. The summed E-state index contributed by atoms with van der Waals surface area (Å²) in [5.74, 6) is 0.0114. The van der Waals surface area contributed by atoms with E-state index in [0.717, 1.165) is 12.8 Å². The van der Waals surface area contributed by atoms with Crippen LogP contribution < -0.4 is 5.32 Å². The molecule has 1 aliphatic rings. The molecule has 0 spiro atoms. The Morgan fingerprint density at radius 3 is 3.00 bits per heavy atom. The molecule has 2 unspecified atom stereocenters. The normalized spacial score (nSPS) is 21.4. The standard InChI is InChI=1S/C11H12ClN3O3/c1-2-6-5-8(6)14-11(16)7-3-4-13-10(12)9(7)15(17)18/h3-4,6,8H,2,5H2,1H3,(H,14,16). The van der Waals surface area contributed by atoms with E-state index in [9.17, 15) is 14.9 Å². The fourth-order valence-electron chi connectivity index (χ4n) is 1.91. The van der Waals surface area contributed by atoms with E-state index in [1.165, 1.54) is 12.3 Å². The molecule has 0 aliphatic heterocycles. The molecule has 1 saturated carbocycles. The lowest BCUT2D eigenvalue weighted by Crippen LogP contribution is -2.27. The first-order valence-electron chi connectivity index (χ1n) is 5.64. The zero-order chi connectivity index (χ0) is 13.3. The van der Waals surface area contributed by atoms with Gasteiger partial charge in [-0.25, -0.2) is 4.98 Å². The predicted molar refractivity (Wildman–Crippen MR) is 65.6 cm³/mol. The molecule has 1 heterocycles. The topological polar surface area (TPSA) is 85.1 Å². The van der Waals surface area contributed by atoms with Crippen LogP contribution in [0.3, 0.4) is 0 Å². The molecule has 0 saturated heterocycles. The lowest BCUT2D eigenvalue weighted by molar-refractivity contribution is -0.385. The average Bonchev–Trinajstić information content (AvgIpc) is 3.06. The maximum atomic E-state index is 11.9. The number of halogens is 1. The van der Waals surface area contributed by atoms with Crippen molar-refractivity contribution in [3.8, 4) is 0 Å². The van der Waals surface area contributed by atoms with Gasteiger partial charge in [-0.3, -0.25) is 14.9 Å². The summed E-state index contributed by atoms with van der Waals surface area (Å²) in [6, 6.07) is 1.43. The minimum absolute atomic E-state index is 0.0400. The molecule has 2 rings (SSSR count). The van der Waals surface area contributed by atoms with Crippen molar-refractivity contribution < 1.29 is 9.72 Å². The molecule has 7 heteroatoms. The summed E-state index contributed by atoms with van der Waals surface area (Å²) in [6.45, 7) is 2.04. The number of nitrogens with zero attached hydrogens (tertiary/aromatic N) is 2. The number of amides is 1. The smallest absolute Gasteiger partial charge is 0.319 e. The number of nitro groups is 1. The van der Waals surface area contributed by atoms with Crippen molar-refractivity contribution in [1.29, 1.82) is 0 Å². The molecule has 0 aromatic carbocycles. The van der Waals surface area contributed by atoms with Crippen molar-refractivity contribution in [3.05, 3.63) is 33.1 Å². The number of hydrogen-bond acceptors (Lipinski definition) is 4. The quantitative estimate of drug-likeness (QED) is 0.516. The number of nitrogens with one attached hydrogen (secondary N) is 1. The largest absolute Gasteiger partial charge is 0.349 e. The Kier molecular flexibility index (Phi) is 3.47. The van der Waals surface area contributed by atoms with E-state index < -0.39 is 16.5 Å². The molecule has 2 atom stereocenters. The monoisotopic (exact) mass is 269 g/mol. The molecule has 6 nitrogen and oxygen atoms in total. The van der Waals surface area contributed by atoms with E-state index in [-0.39, 0.29) is 16.8 Å². The van der Waals surface area contributed by atoms with Gasteiger partial charge in [-0.15, -0.1) is 0 Å². The van der Waals surface area contributed by atoms with E-state index in [4.69, 9.17) is 11.6 Å². The Bertz CT molecular complexity index is 506. The third-order valence-electron chi connectivity index (χ3n) is 3.07. The van der Waals surface area contributed by atoms with Crippen LogP contribution in [0, 0.1) is 16.0 Å².